The second-order valence-electron chi connectivity index (χ2n) is 6.49. The lowest BCUT2D eigenvalue weighted by atomic mass is 9.99. The van der Waals surface area contributed by atoms with Gasteiger partial charge in [0.15, 0.2) is 6.23 Å². The van der Waals surface area contributed by atoms with Crippen molar-refractivity contribution in [3.63, 3.8) is 0 Å². The van der Waals surface area contributed by atoms with E-state index in [0.29, 0.717) is 23.9 Å². The molecule has 0 aromatic carbocycles. The van der Waals surface area contributed by atoms with Crippen molar-refractivity contribution in [3.05, 3.63) is 36.9 Å². The quantitative estimate of drug-likeness (QED) is 0.865. The van der Waals surface area contributed by atoms with Crippen LogP contribution in [-0.4, -0.2) is 37.9 Å². The third-order valence-corrected chi connectivity index (χ3v) is 3.19. The van der Waals surface area contributed by atoms with Gasteiger partial charge in [-0.3, -0.25) is 5.43 Å². The molecule has 0 saturated carbocycles. The monoisotopic (exact) mass is 352 g/mol. The summed E-state index contributed by atoms with van der Waals surface area (Å²) in [5, 5.41) is 19.5. The van der Waals surface area contributed by atoms with Gasteiger partial charge in [-0.25, -0.2) is 14.7 Å². The molecule has 2 aromatic rings. The third-order valence-electron chi connectivity index (χ3n) is 3.19. The van der Waals surface area contributed by atoms with E-state index in [-0.39, 0.29) is 17.8 Å². The topological polar surface area (TPSA) is 88.3 Å². The maximum atomic E-state index is 10.4. The molecule has 0 radical (unpaired) electrons. The molecule has 9 heteroatoms. The van der Waals surface area contributed by atoms with Crippen LogP contribution in [-0.2, 0) is 0 Å². The summed E-state index contributed by atoms with van der Waals surface area (Å²) >= 11 is 0. The number of hydrogen-bond acceptors (Lipinski definition) is 7. The Morgan fingerprint density at radius 2 is 2.12 bits per heavy atom. The van der Waals surface area contributed by atoms with E-state index in [1.807, 2.05) is 6.07 Å². The number of ether oxygens (including phenoxy) is 1. The van der Waals surface area contributed by atoms with Gasteiger partial charge in [0.05, 0.1) is 25.2 Å². The summed E-state index contributed by atoms with van der Waals surface area (Å²) in [6.07, 6.45) is 5.60. The van der Waals surface area contributed by atoms with Crippen LogP contribution in [0, 0.1) is 5.41 Å². The molecule has 2 aromatic heterocycles. The van der Waals surface area contributed by atoms with E-state index in [1.54, 1.807) is 30.9 Å². The Hall–Kier alpha value is -2.32. The van der Waals surface area contributed by atoms with E-state index in [2.05, 4.69) is 41.5 Å². The molecule has 2 N–H and O–H groups in total. The zero-order valence-corrected chi connectivity index (χ0v) is 14.6. The van der Waals surface area contributed by atoms with E-state index >= 15 is 0 Å². The number of hydrogen-bond donors (Lipinski definition) is 2. The maximum absolute atomic E-state index is 10.4. The molecule has 1 atom stereocenters. The number of aliphatic hydroxyl groups excluding tert-OH is 1. The molecule has 130 valence electrons. The highest BCUT2D eigenvalue weighted by molar-refractivity contribution is 5.85. The maximum Gasteiger partial charge on any atom is 0.192 e. The molecule has 0 spiro atoms. The van der Waals surface area contributed by atoms with Crippen molar-refractivity contribution in [2.45, 2.75) is 27.0 Å². The van der Waals surface area contributed by atoms with Gasteiger partial charge in [0.1, 0.15) is 17.3 Å². The lowest BCUT2D eigenvalue weighted by Gasteiger charge is -2.23. The Bertz CT molecular complexity index is 681. The normalized spacial score (nSPS) is 17.1. The van der Waals surface area contributed by atoms with Crippen molar-refractivity contribution in [1.29, 1.82) is 0 Å². The smallest absolute Gasteiger partial charge is 0.192 e. The highest BCUT2D eigenvalue weighted by Crippen LogP contribution is 2.24. The minimum Gasteiger partial charge on any atom is -0.491 e. The molecule has 3 rings (SSSR count). The van der Waals surface area contributed by atoms with Crippen molar-refractivity contribution >= 4 is 23.9 Å². The predicted octanol–water partition coefficient (Wildman–Crippen LogP) is 1.66. The lowest BCUT2D eigenvalue weighted by Crippen LogP contribution is -2.39. The first-order valence-electron chi connectivity index (χ1n) is 7.33. The molecule has 0 fully saturated rings. The van der Waals surface area contributed by atoms with Crippen LogP contribution in [0.1, 0.15) is 20.8 Å². The second-order valence-corrected chi connectivity index (χ2v) is 6.49. The molecular formula is C15H21ClN6O2. The largest absolute Gasteiger partial charge is 0.491 e. The second kappa shape index (κ2) is 7.06. The Morgan fingerprint density at radius 3 is 2.71 bits per heavy atom. The van der Waals surface area contributed by atoms with Gasteiger partial charge in [-0.05, 0) is 17.5 Å². The first kappa shape index (κ1) is 18.0. The Balaban J connectivity index is 0.00000208. The van der Waals surface area contributed by atoms with Crippen LogP contribution in [0.15, 0.2) is 36.9 Å². The highest BCUT2D eigenvalue weighted by Gasteiger charge is 2.28. The lowest BCUT2D eigenvalue weighted by molar-refractivity contribution is 0.197. The molecule has 1 aliphatic rings. The molecule has 1 aliphatic heterocycles. The number of rotatable bonds is 4. The van der Waals surface area contributed by atoms with Crippen LogP contribution in [0.2, 0.25) is 0 Å². The number of hydrazine groups is 1. The van der Waals surface area contributed by atoms with E-state index in [4.69, 9.17) is 4.74 Å². The van der Waals surface area contributed by atoms with E-state index in [9.17, 15) is 5.11 Å². The van der Waals surface area contributed by atoms with Crippen LogP contribution in [0.5, 0.6) is 5.75 Å². The van der Waals surface area contributed by atoms with Gasteiger partial charge in [-0.15, -0.1) is 17.5 Å². The molecule has 24 heavy (non-hydrogen) atoms. The number of aliphatic hydroxyl groups is 1. The summed E-state index contributed by atoms with van der Waals surface area (Å²) in [7, 11) is 0. The van der Waals surface area contributed by atoms with E-state index in [1.165, 1.54) is 9.69 Å². The molecule has 0 saturated heterocycles. The Kier molecular flexibility index (Phi) is 5.30. The first-order valence-corrected chi connectivity index (χ1v) is 7.33. The molecule has 8 nitrogen and oxygen atoms in total. The summed E-state index contributed by atoms with van der Waals surface area (Å²) in [6, 6.07) is 3.61. The van der Waals surface area contributed by atoms with Crippen LogP contribution in [0.3, 0.4) is 0 Å². The van der Waals surface area contributed by atoms with Crippen molar-refractivity contribution in [1.82, 2.24) is 25.4 Å². The minimum atomic E-state index is -0.912. The van der Waals surface area contributed by atoms with Gasteiger partial charge < -0.3 is 9.84 Å². The van der Waals surface area contributed by atoms with Gasteiger partial charge in [0.25, 0.3) is 0 Å². The third kappa shape index (κ3) is 3.95. The van der Waals surface area contributed by atoms with Crippen molar-refractivity contribution in [2.75, 3.05) is 11.6 Å². The fourth-order valence-electron chi connectivity index (χ4n) is 2.04. The molecule has 0 amide bonds. The Morgan fingerprint density at radius 1 is 1.33 bits per heavy atom. The van der Waals surface area contributed by atoms with Crippen molar-refractivity contribution in [3.8, 4) is 5.75 Å². The molecular weight excluding hydrogens is 332 g/mol. The molecule has 3 heterocycles. The SMILES string of the molecule is CC(C)(C)COc1ccc(N2NC=C(n3ccnn3)C2O)nc1.Cl. The number of anilines is 1. The average Bonchev–Trinajstić information content (AvgIpc) is 3.14. The molecule has 0 aliphatic carbocycles. The number of nitrogens with zero attached hydrogens (tertiary/aromatic N) is 5. The molecule has 1 unspecified atom stereocenters. The van der Waals surface area contributed by atoms with Gasteiger partial charge in [-0.1, -0.05) is 26.0 Å². The number of aromatic nitrogens is 4. The summed E-state index contributed by atoms with van der Waals surface area (Å²) in [4.78, 5) is 4.33. The zero-order valence-electron chi connectivity index (χ0n) is 13.7. The van der Waals surface area contributed by atoms with Crippen LogP contribution in [0.25, 0.3) is 5.70 Å². The van der Waals surface area contributed by atoms with Gasteiger partial charge in [0.2, 0.25) is 0 Å². The number of nitrogens with one attached hydrogen (secondary N) is 1. The average molecular weight is 353 g/mol. The van der Waals surface area contributed by atoms with E-state index < -0.39 is 6.23 Å². The fraction of sp³-hybridized carbons (Fsp3) is 0.400. The van der Waals surface area contributed by atoms with Crippen molar-refractivity contribution in [2.24, 2.45) is 5.41 Å². The molecule has 0 bridgehead atoms. The fourth-order valence-corrected chi connectivity index (χ4v) is 2.04. The summed E-state index contributed by atoms with van der Waals surface area (Å²) in [5.74, 6) is 1.27. The minimum absolute atomic E-state index is 0. The predicted molar refractivity (Wildman–Crippen MR) is 92.4 cm³/mol. The first-order chi connectivity index (χ1) is 10.9. The van der Waals surface area contributed by atoms with Crippen LogP contribution >= 0.6 is 12.4 Å². The zero-order chi connectivity index (χ0) is 16.4. The highest BCUT2D eigenvalue weighted by atomic mass is 35.5. The van der Waals surface area contributed by atoms with Gasteiger partial charge >= 0.3 is 0 Å². The van der Waals surface area contributed by atoms with Gasteiger partial charge in [0, 0.05) is 6.20 Å². The standard InChI is InChI=1S/C15H20N6O2.ClH/c1-15(2,3)10-23-11-4-5-13(16-8-11)21-14(22)12(9-18-21)20-7-6-17-19-20;/h4-9,14,18,22H,10H2,1-3H3;1H. The summed E-state index contributed by atoms with van der Waals surface area (Å²) in [5.41, 5.74) is 3.62. The van der Waals surface area contributed by atoms with Crippen LogP contribution < -0.4 is 15.2 Å². The van der Waals surface area contributed by atoms with E-state index in [0.717, 1.165) is 0 Å². The summed E-state index contributed by atoms with van der Waals surface area (Å²) in [6.45, 7) is 6.93. The van der Waals surface area contributed by atoms with Crippen molar-refractivity contribution < 1.29 is 9.84 Å². The van der Waals surface area contributed by atoms with Gasteiger partial charge in [-0.2, -0.15) is 0 Å². The number of halogens is 1. The van der Waals surface area contributed by atoms with Crippen LogP contribution in [0.4, 0.5) is 5.82 Å². The summed E-state index contributed by atoms with van der Waals surface area (Å²) < 4.78 is 7.19. The number of pyridine rings is 1. The Labute approximate surface area is 146 Å².